The fraction of sp³-hybridized carbons (Fsp3) is 0.0588. The van der Waals surface area contributed by atoms with Crippen molar-refractivity contribution in [2.24, 2.45) is 0 Å². The van der Waals surface area contributed by atoms with Gasteiger partial charge in [-0.05, 0) is 35.9 Å². The molecule has 0 saturated heterocycles. The van der Waals surface area contributed by atoms with Crippen LogP contribution in [0.4, 0.5) is 13.2 Å². The van der Waals surface area contributed by atoms with Gasteiger partial charge in [-0.3, -0.25) is 0 Å². The SMILES string of the molecule is FC(F)(F)c1c(/C=C/c2ccc(Cl)cc2)[nH]c2cc(Br)ccc12. The number of halogens is 5. The number of aromatic amines is 1. The molecule has 0 radical (unpaired) electrons. The summed E-state index contributed by atoms with van der Waals surface area (Å²) < 4.78 is 40.9. The van der Waals surface area contributed by atoms with Crippen molar-refractivity contribution >= 4 is 50.6 Å². The van der Waals surface area contributed by atoms with E-state index >= 15 is 0 Å². The van der Waals surface area contributed by atoms with Crippen LogP contribution in [0.15, 0.2) is 46.9 Å². The third-order valence-electron chi connectivity index (χ3n) is 3.39. The quantitative estimate of drug-likeness (QED) is 0.488. The van der Waals surface area contributed by atoms with Gasteiger partial charge in [0.2, 0.25) is 0 Å². The van der Waals surface area contributed by atoms with Crippen molar-refractivity contribution in [3.63, 3.8) is 0 Å². The van der Waals surface area contributed by atoms with Crippen LogP contribution < -0.4 is 0 Å². The number of hydrogen-bond donors (Lipinski definition) is 1. The fourth-order valence-corrected chi connectivity index (χ4v) is 2.86. The lowest BCUT2D eigenvalue weighted by Gasteiger charge is -2.06. The topological polar surface area (TPSA) is 15.8 Å². The molecule has 0 aliphatic heterocycles. The number of nitrogens with one attached hydrogen (secondary N) is 1. The van der Waals surface area contributed by atoms with Crippen LogP contribution in [-0.2, 0) is 6.18 Å². The number of H-pyrrole nitrogens is 1. The minimum atomic E-state index is -4.44. The van der Waals surface area contributed by atoms with Crippen LogP contribution in [0.25, 0.3) is 23.1 Å². The molecule has 118 valence electrons. The Labute approximate surface area is 143 Å². The molecule has 0 bridgehead atoms. The highest BCUT2D eigenvalue weighted by Gasteiger charge is 2.36. The Hall–Kier alpha value is -1.72. The third-order valence-corrected chi connectivity index (χ3v) is 4.13. The zero-order valence-corrected chi connectivity index (χ0v) is 13.9. The lowest BCUT2D eigenvalue weighted by molar-refractivity contribution is -0.136. The van der Waals surface area contributed by atoms with Crippen LogP contribution >= 0.6 is 27.5 Å². The molecule has 0 aliphatic rings. The van der Waals surface area contributed by atoms with Crippen LogP contribution in [0.5, 0.6) is 0 Å². The molecule has 3 aromatic rings. The van der Waals surface area contributed by atoms with Crippen LogP contribution in [0.2, 0.25) is 5.02 Å². The molecule has 0 unspecified atom stereocenters. The number of aromatic nitrogens is 1. The zero-order valence-electron chi connectivity index (χ0n) is 11.6. The number of fused-ring (bicyclic) bond motifs is 1. The second-order valence-electron chi connectivity index (χ2n) is 4.99. The van der Waals surface area contributed by atoms with Crippen LogP contribution in [0.3, 0.4) is 0 Å². The van der Waals surface area contributed by atoms with Gasteiger partial charge in [0.25, 0.3) is 0 Å². The van der Waals surface area contributed by atoms with Crippen molar-refractivity contribution in [1.29, 1.82) is 0 Å². The Morgan fingerprint density at radius 2 is 1.70 bits per heavy atom. The van der Waals surface area contributed by atoms with Gasteiger partial charge < -0.3 is 4.98 Å². The van der Waals surface area contributed by atoms with Gasteiger partial charge in [0.05, 0.1) is 11.3 Å². The zero-order chi connectivity index (χ0) is 16.6. The molecule has 0 spiro atoms. The molecule has 0 aliphatic carbocycles. The van der Waals surface area contributed by atoms with E-state index in [9.17, 15) is 13.2 Å². The van der Waals surface area contributed by atoms with Crippen molar-refractivity contribution < 1.29 is 13.2 Å². The maximum atomic E-state index is 13.4. The van der Waals surface area contributed by atoms with E-state index < -0.39 is 11.7 Å². The molecule has 1 N–H and O–H groups in total. The van der Waals surface area contributed by atoms with Crippen LogP contribution in [0.1, 0.15) is 16.8 Å². The summed E-state index contributed by atoms with van der Waals surface area (Å²) in [7, 11) is 0. The summed E-state index contributed by atoms with van der Waals surface area (Å²) in [6, 6.07) is 11.5. The Kier molecular flexibility index (Phi) is 4.25. The maximum Gasteiger partial charge on any atom is 0.419 e. The molecule has 1 aromatic heterocycles. The van der Waals surface area contributed by atoms with Crippen LogP contribution in [-0.4, -0.2) is 4.98 Å². The van der Waals surface area contributed by atoms with Gasteiger partial charge in [-0.2, -0.15) is 13.2 Å². The Bertz CT molecular complexity index is 879. The number of benzene rings is 2. The standard InChI is InChI=1S/C17H10BrClF3N/c18-11-4-7-13-15(9-11)23-14(16(13)17(20,21)22)8-3-10-1-5-12(19)6-2-10/h1-9,23H/b8-3+. The van der Waals surface area contributed by atoms with E-state index in [1.807, 2.05) is 0 Å². The Balaban J connectivity index is 2.10. The molecule has 0 atom stereocenters. The molecule has 2 aromatic carbocycles. The van der Waals surface area contributed by atoms with E-state index in [4.69, 9.17) is 11.6 Å². The lowest BCUT2D eigenvalue weighted by atomic mass is 10.1. The molecule has 1 heterocycles. The van der Waals surface area contributed by atoms with Gasteiger partial charge in [0, 0.05) is 20.4 Å². The summed E-state index contributed by atoms with van der Waals surface area (Å²) in [5.74, 6) is 0. The second-order valence-corrected chi connectivity index (χ2v) is 6.34. The van der Waals surface area contributed by atoms with E-state index in [0.717, 1.165) is 5.56 Å². The van der Waals surface area contributed by atoms with Crippen molar-refractivity contribution in [2.45, 2.75) is 6.18 Å². The maximum absolute atomic E-state index is 13.4. The molecule has 1 nitrogen and oxygen atoms in total. The van der Waals surface area contributed by atoms with Gasteiger partial charge in [0.1, 0.15) is 0 Å². The average Bonchev–Trinajstić information content (AvgIpc) is 2.84. The van der Waals surface area contributed by atoms with Gasteiger partial charge in [-0.1, -0.05) is 51.8 Å². The molecule has 0 saturated carbocycles. The van der Waals surface area contributed by atoms with E-state index in [0.29, 0.717) is 15.0 Å². The van der Waals surface area contributed by atoms with E-state index in [-0.39, 0.29) is 11.1 Å². The van der Waals surface area contributed by atoms with Gasteiger partial charge in [0.15, 0.2) is 0 Å². The van der Waals surface area contributed by atoms with E-state index in [1.54, 1.807) is 42.5 Å². The number of hydrogen-bond acceptors (Lipinski definition) is 0. The first-order chi connectivity index (χ1) is 10.8. The Morgan fingerprint density at radius 3 is 2.35 bits per heavy atom. The normalized spacial score (nSPS) is 12.4. The first-order valence-electron chi connectivity index (χ1n) is 6.66. The summed E-state index contributed by atoms with van der Waals surface area (Å²) in [4.78, 5) is 2.83. The third kappa shape index (κ3) is 3.46. The minimum Gasteiger partial charge on any atom is -0.354 e. The summed E-state index contributed by atoms with van der Waals surface area (Å²) in [5.41, 5.74) is 0.565. The predicted octanol–water partition coefficient (Wildman–Crippen LogP) is 6.77. The van der Waals surface area contributed by atoms with E-state index in [1.165, 1.54) is 12.1 Å². The monoisotopic (exact) mass is 399 g/mol. The van der Waals surface area contributed by atoms with Crippen molar-refractivity contribution in [2.75, 3.05) is 0 Å². The van der Waals surface area contributed by atoms with Gasteiger partial charge in [-0.25, -0.2) is 0 Å². The summed E-state index contributed by atoms with van der Waals surface area (Å²) in [5, 5.41) is 0.727. The summed E-state index contributed by atoms with van der Waals surface area (Å²) in [6.07, 6.45) is -1.39. The van der Waals surface area contributed by atoms with Gasteiger partial charge in [-0.15, -0.1) is 0 Å². The smallest absolute Gasteiger partial charge is 0.354 e. The molecular formula is C17H10BrClF3N. The fourth-order valence-electron chi connectivity index (χ4n) is 2.37. The second kappa shape index (κ2) is 6.06. The predicted molar refractivity (Wildman–Crippen MR) is 91.4 cm³/mol. The number of alkyl halides is 3. The van der Waals surface area contributed by atoms with E-state index in [2.05, 4.69) is 20.9 Å². The highest BCUT2D eigenvalue weighted by atomic mass is 79.9. The molecule has 0 amide bonds. The van der Waals surface area contributed by atoms with Gasteiger partial charge >= 0.3 is 6.18 Å². The summed E-state index contributed by atoms with van der Waals surface area (Å²) >= 11 is 9.07. The lowest BCUT2D eigenvalue weighted by Crippen LogP contribution is -2.05. The van der Waals surface area contributed by atoms with Crippen molar-refractivity contribution in [3.8, 4) is 0 Å². The first-order valence-corrected chi connectivity index (χ1v) is 7.84. The van der Waals surface area contributed by atoms with Crippen molar-refractivity contribution in [1.82, 2.24) is 4.98 Å². The molecular weight excluding hydrogens is 391 g/mol. The molecule has 6 heteroatoms. The highest BCUT2D eigenvalue weighted by Crippen LogP contribution is 2.39. The molecule has 3 rings (SSSR count). The number of rotatable bonds is 2. The average molecular weight is 401 g/mol. The molecule has 0 fully saturated rings. The minimum absolute atomic E-state index is 0.0283. The largest absolute Gasteiger partial charge is 0.419 e. The molecule has 23 heavy (non-hydrogen) atoms. The highest BCUT2D eigenvalue weighted by molar-refractivity contribution is 9.10. The van der Waals surface area contributed by atoms with Crippen LogP contribution in [0, 0.1) is 0 Å². The first kappa shape index (κ1) is 16.1. The summed E-state index contributed by atoms with van der Waals surface area (Å²) in [6.45, 7) is 0. The Morgan fingerprint density at radius 1 is 1.00 bits per heavy atom. The van der Waals surface area contributed by atoms with Crippen molar-refractivity contribution in [3.05, 3.63) is 68.8 Å².